The van der Waals surface area contributed by atoms with Crippen molar-refractivity contribution in [1.29, 1.82) is 0 Å². The summed E-state index contributed by atoms with van der Waals surface area (Å²) in [4.78, 5) is 40.6. The number of nitrogens with zero attached hydrogens (tertiary/aromatic N) is 1. The zero-order chi connectivity index (χ0) is 28.5. The summed E-state index contributed by atoms with van der Waals surface area (Å²) in [6, 6.07) is 24.7. The molecule has 1 amide bonds. The molecule has 3 aromatic rings. The maximum Gasteiger partial charge on any atom is 0.407 e. The van der Waals surface area contributed by atoms with Crippen LogP contribution in [-0.2, 0) is 25.5 Å². The van der Waals surface area contributed by atoms with Gasteiger partial charge >= 0.3 is 18.0 Å². The van der Waals surface area contributed by atoms with E-state index in [1.165, 1.54) is 0 Å². The van der Waals surface area contributed by atoms with E-state index >= 15 is 0 Å². The van der Waals surface area contributed by atoms with Crippen LogP contribution < -0.4 is 5.32 Å². The maximum atomic E-state index is 13.9. The van der Waals surface area contributed by atoms with Gasteiger partial charge in [0.1, 0.15) is 12.2 Å². The Hall–Kier alpha value is -4.17. The third kappa shape index (κ3) is 5.45. The molecule has 0 aromatic heterocycles. The van der Waals surface area contributed by atoms with E-state index in [4.69, 9.17) is 9.47 Å². The summed E-state index contributed by atoms with van der Waals surface area (Å²) in [6.45, 7) is 5.78. The van der Waals surface area contributed by atoms with Gasteiger partial charge in [-0.15, -0.1) is 0 Å². The lowest BCUT2D eigenvalue weighted by Gasteiger charge is -2.30. The fourth-order valence-corrected chi connectivity index (χ4v) is 5.52. The molecule has 0 saturated carbocycles. The summed E-state index contributed by atoms with van der Waals surface area (Å²) in [5.74, 6) is -2.29. The Morgan fingerprint density at radius 1 is 0.900 bits per heavy atom. The van der Waals surface area contributed by atoms with Crippen molar-refractivity contribution in [1.82, 2.24) is 10.2 Å². The number of ether oxygens (including phenoxy) is 2. The Balaban J connectivity index is 1.37. The van der Waals surface area contributed by atoms with E-state index in [1.807, 2.05) is 66.7 Å². The van der Waals surface area contributed by atoms with Gasteiger partial charge < -0.3 is 19.9 Å². The van der Waals surface area contributed by atoms with Gasteiger partial charge in [0.25, 0.3) is 0 Å². The topological polar surface area (TPSA) is 105 Å². The molecule has 8 heteroatoms. The van der Waals surface area contributed by atoms with E-state index in [0.29, 0.717) is 12.1 Å². The van der Waals surface area contributed by atoms with Crippen molar-refractivity contribution < 1.29 is 29.0 Å². The minimum absolute atomic E-state index is 0.0192. The van der Waals surface area contributed by atoms with Crippen molar-refractivity contribution in [3.8, 4) is 11.1 Å². The van der Waals surface area contributed by atoms with Gasteiger partial charge in [0.2, 0.25) is 5.54 Å². The predicted molar refractivity (Wildman–Crippen MR) is 150 cm³/mol. The third-order valence-corrected chi connectivity index (χ3v) is 7.42. The first-order chi connectivity index (χ1) is 19.1. The molecule has 8 nitrogen and oxygen atoms in total. The standard InChI is InChI=1S/C32H34N2O6/c1-31(2,3)40-30(38)33-18-22-19-34(22)32(28(35)36,17-21-11-5-4-6-12-21)29(37)39-20-27-25-15-9-7-13-23(25)24-14-8-10-16-26(24)27/h4-16,22,27H,17-20H2,1-3H3,(H,33,38)(H,35,36)/t22?,32-,34?/m1/s1. The number of amides is 1. The normalized spacial score (nSPS) is 19.1. The van der Waals surface area contributed by atoms with E-state index in [9.17, 15) is 19.5 Å². The van der Waals surface area contributed by atoms with Crippen LogP contribution in [-0.4, -0.2) is 64.9 Å². The molecule has 3 atom stereocenters. The highest BCUT2D eigenvalue weighted by molar-refractivity contribution is 6.05. The molecular weight excluding hydrogens is 508 g/mol. The Bertz CT molecular complexity index is 1370. The lowest BCUT2D eigenvalue weighted by Crippen LogP contribution is -2.57. The molecule has 1 aliphatic heterocycles. The molecule has 5 rings (SSSR count). The van der Waals surface area contributed by atoms with E-state index in [2.05, 4.69) is 5.32 Å². The number of rotatable bonds is 9. The number of alkyl carbamates (subject to hydrolysis) is 1. The molecule has 208 valence electrons. The number of nitrogens with one attached hydrogen (secondary N) is 1. The second kappa shape index (κ2) is 10.8. The zero-order valence-corrected chi connectivity index (χ0v) is 22.9. The number of carboxylic acids is 1. The maximum absolute atomic E-state index is 13.9. The van der Waals surface area contributed by atoms with Crippen molar-refractivity contribution in [3.63, 3.8) is 0 Å². The SMILES string of the molecule is CC(C)(C)OC(=O)NCC1CN1[C@](Cc1ccccc1)(C(=O)O)C(=O)OCC1c2ccccc2-c2ccccc21. The van der Waals surface area contributed by atoms with Crippen LogP contribution in [0.15, 0.2) is 78.9 Å². The Labute approximate surface area is 233 Å². The van der Waals surface area contributed by atoms with Gasteiger partial charge in [-0.2, -0.15) is 0 Å². The van der Waals surface area contributed by atoms with Crippen molar-refractivity contribution in [3.05, 3.63) is 95.6 Å². The molecule has 1 aliphatic carbocycles. The molecule has 0 radical (unpaired) electrons. The summed E-state index contributed by atoms with van der Waals surface area (Å²) in [6.07, 6.45) is -0.660. The van der Waals surface area contributed by atoms with Crippen LogP contribution in [0.3, 0.4) is 0 Å². The molecular formula is C32H34N2O6. The van der Waals surface area contributed by atoms with E-state index in [0.717, 1.165) is 22.3 Å². The van der Waals surface area contributed by atoms with Crippen molar-refractivity contribution in [2.24, 2.45) is 0 Å². The van der Waals surface area contributed by atoms with Crippen molar-refractivity contribution in [2.75, 3.05) is 19.7 Å². The number of aliphatic carboxylic acids is 1. The molecule has 1 saturated heterocycles. The average Bonchev–Trinajstić information content (AvgIpc) is 3.63. The number of benzene rings is 3. The number of hydrogen-bond acceptors (Lipinski definition) is 6. The highest BCUT2D eigenvalue weighted by atomic mass is 16.6. The van der Waals surface area contributed by atoms with Crippen LogP contribution >= 0.6 is 0 Å². The molecule has 2 unspecified atom stereocenters. The second-order valence-electron chi connectivity index (χ2n) is 11.3. The molecule has 3 aromatic carbocycles. The van der Waals surface area contributed by atoms with Gasteiger partial charge in [0.05, 0.1) is 0 Å². The van der Waals surface area contributed by atoms with E-state index < -0.39 is 29.2 Å². The third-order valence-electron chi connectivity index (χ3n) is 7.42. The number of esters is 1. The molecule has 2 aliphatic rings. The number of carboxylic acid groups (broad SMARTS) is 1. The van der Waals surface area contributed by atoms with Gasteiger partial charge in [-0.05, 0) is 48.6 Å². The molecule has 1 heterocycles. The van der Waals surface area contributed by atoms with Gasteiger partial charge in [0, 0.05) is 31.5 Å². The lowest BCUT2D eigenvalue weighted by atomic mass is 9.90. The Morgan fingerprint density at radius 3 is 2.05 bits per heavy atom. The van der Waals surface area contributed by atoms with Gasteiger partial charge in [-0.3, -0.25) is 4.90 Å². The highest BCUT2D eigenvalue weighted by Crippen LogP contribution is 2.45. The highest BCUT2D eigenvalue weighted by Gasteiger charge is 2.61. The first-order valence-electron chi connectivity index (χ1n) is 13.5. The summed E-state index contributed by atoms with van der Waals surface area (Å²) in [5.41, 5.74) is 2.37. The van der Waals surface area contributed by atoms with Gasteiger partial charge in [-0.1, -0.05) is 78.9 Å². The smallest absolute Gasteiger partial charge is 0.407 e. The number of carbonyl (C=O) groups excluding carboxylic acids is 2. The van der Waals surface area contributed by atoms with Crippen LogP contribution in [0.2, 0.25) is 0 Å². The molecule has 1 fully saturated rings. The van der Waals surface area contributed by atoms with Crippen molar-refractivity contribution in [2.45, 2.75) is 50.3 Å². The summed E-state index contributed by atoms with van der Waals surface area (Å²) in [5, 5.41) is 13.3. The van der Waals surface area contributed by atoms with Crippen LogP contribution in [0.4, 0.5) is 4.79 Å². The summed E-state index contributed by atoms with van der Waals surface area (Å²) < 4.78 is 11.2. The second-order valence-corrected chi connectivity index (χ2v) is 11.3. The largest absolute Gasteiger partial charge is 0.479 e. The fourth-order valence-electron chi connectivity index (χ4n) is 5.52. The number of hydrogen-bond donors (Lipinski definition) is 2. The van der Waals surface area contributed by atoms with Gasteiger partial charge in [-0.25, -0.2) is 14.4 Å². The molecule has 0 spiro atoms. The summed E-state index contributed by atoms with van der Waals surface area (Å²) >= 11 is 0. The Kier molecular flexibility index (Phi) is 7.38. The molecule has 2 N–H and O–H groups in total. The minimum Gasteiger partial charge on any atom is -0.479 e. The molecule has 0 bridgehead atoms. The first-order valence-corrected chi connectivity index (χ1v) is 13.5. The minimum atomic E-state index is -1.95. The van der Waals surface area contributed by atoms with E-state index in [-0.39, 0.29) is 31.5 Å². The summed E-state index contributed by atoms with van der Waals surface area (Å²) in [7, 11) is 0. The first kappa shape index (κ1) is 27.4. The van der Waals surface area contributed by atoms with E-state index in [1.54, 1.807) is 37.8 Å². The lowest BCUT2D eigenvalue weighted by molar-refractivity contribution is -0.168. The average molecular weight is 543 g/mol. The Morgan fingerprint density at radius 2 is 1.48 bits per heavy atom. The van der Waals surface area contributed by atoms with Crippen LogP contribution in [0.5, 0.6) is 0 Å². The van der Waals surface area contributed by atoms with Crippen molar-refractivity contribution >= 4 is 18.0 Å². The van der Waals surface area contributed by atoms with Crippen LogP contribution in [0.25, 0.3) is 11.1 Å². The van der Waals surface area contributed by atoms with Gasteiger partial charge in [0.15, 0.2) is 0 Å². The number of carbonyl (C=O) groups is 3. The van der Waals surface area contributed by atoms with Crippen LogP contribution in [0.1, 0.15) is 43.4 Å². The predicted octanol–water partition coefficient (Wildman–Crippen LogP) is 4.62. The molecule has 40 heavy (non-hydrogen) atoms. The van der Waals surface area contributed by atoms with Crippen LogP contribution in [0, 0.1) is 0 Å². The monoisotopic (exact) mass is 542 g/mol. The quantitative estimate of drug-likeness (QED) is 0.231. The fraction of sp³-hybridized carbons (Fsp3) is 0.344. The zero-order valence-electron chi connectivity index (χ0n) is 22.9. The number of fused-ring (bicyclic) bond motifs is 3.